The second-order valence-corrected chi connectivity index (χ2v) is 6.73. The first-order valence-corrected chi connectivity index (χ1v) is 7.37. The Bertz CT molecular complexity index is 576. The van der Waals surface area contributed by atoms with Crippen molar-refractivity contribution in [2.45, 2.75) is 39.9 Å². The van der Waals surface area contributed by atoms with E-state index >= 15 is 0 Å². The molecule has 0 saturated carbocycles. The number of nitrogens with zero attached hydrogens (tertiary/aromatic N) is 2. The van der Waals surface area contributed by atoms with E-state index < -0.39 is 0 Å². The van der Waals surface area contributed by atoms with Gasteiger partial charge in [-0.15, -0.1) is 0 Å². The number of rotatable bonds is 5. The standard InChI is InChI=1S/C16H21ClFN3/c1-16(2,3)15(10-21-7-6-19-11-21)20-9-12-4-5-13(17)8-14(12)18/h4-8,11,15,20H,9-10H2,1-3H3. The molecule has 1 heterocycles. The minimum Gasteiger partial charge on any atom is -0.336 e. The molecule has 0 aliphatic heterocycles. The smallest absolute Gasteiger partial charge is 0.129 e. The molecule has 1 atom stereocenters. The monoisotopic (exact) mass is 309 g/mol. The third-order valence-electron chi connectivity index (χ3n) is 3.55. The van der Waals surface area contributed by atoms with Crippen molar-refractivity contribution in [2.24, 2.45) is 5.41 Å². The summed E-state index contributed by atoms with van der Waals surface area (Å²) in [6.07, 6.45) is 5.49. The quantitative estimate of drug-likeness (QED) is 0.908. The molecular formula is C16H21ClFN3. The normalized spacial score (nSPS) is 13.4. The van der Waals surface area contributed by atoms with Crippen LogP contribution in [0.25, 0.3) is 0 Å². The average molecular weight is 310 g/mol. The Kier molecular flexibility index (Phi) is 5.01. The van der Waals surface area contributed by atoms with Crippen LogP contribution in [-0.4, -0.2) is 15.6 Å². The van der Waals surface area contributed by atoms with Gasteiger partial charge in [0.15, 0.2) is 0 Å². The van der Waals surface area contributed by atoms with Gasteiger partial charge in [-0.3, -0.25) is 0 Å². The maximum atomic E-state index is 13.8. The number of benzene rings is 1. The number of imidazole rings is 1. The lowest BCUT2D eigenvalue weighted by molar-refractivity contribution is 0.239. The van der Waals surface area contributed by atoms with Crippen molar-refractivity contribution in [2.75, 3.05) is 0 Å². The summed E-state index contributed by atoms with van der Waals surface area (Å²) in [5.74, 6) is -0.273. The first kappa shape index (κ1) is 16.0. The summed E-state index contributed by atoms with van der Waals surface area (Å²) in [6.45, 7) is 7.76. The first-order valence-electron chi connectivity index (χ1n) is 6.99. The zero-order chi connectivity index (χ0) is 15.5. The molecule has 0 spiro atoms. The van der Waals surface area contributed by atoms with Crippen LogP contribution < -0.4 is 5.32 Å². The van der Waals surface area contributed by atoms with Gasteiger partial charge in [-0.25, -0.2) is 9.37 Å². The van der Waals surface area contributed by atoms with Crippen molar-refractivity contribution < 1.29 is 4.39 Å². The van der Waals surface area contributed by atoms with Gasteiger partial charge in [0.05, 0.1) is 6.33 Å². The molecule has 0 bridgehead atoms. The first-order chi connectivity index (χ1) is 9.86. The Morgan fingerprint density at radius 3 is 2.71 bits per heavy atom. The molecule has 21 heavy (non-hydrogen) atoms. The largest absolute Gasteiger partial charge is 0.336 e. The van der Waals surface area contributed by atoms with Gasteiger partial charge in [-0.05, 0) is 17.5 Å². The second-order valence-electron chi connectivity index (χ2n) is 6.29. The molecule has 3 nitrogen and oxygen atoms in total. The molecule has 1 N–H and O–H groups in total. The van der Waals surface area contributed by atoms with E-state index in [-0.39, 0.29) is 17.3 Å². The number of hydrogen-bond donors (Lipinski definition) is 1. The highest BCUT2D eigenvalue weighted by molar-refractivity contribution is 6.30. The molecule has 0 saturated heterocycles. The summed E-state index contributed by atoms with van der Waals surface area (Å²) in [5.41, 5.74) is 0.673. The fraction of sp³-hybridized carbons (Fsp3) is 0.438. The SMILES string of the molecule is CC(C)(C)C(Cn1ccnc1)NCc1ccc(Cl)cc1F. The summed E-state index contributed by atoms with van der Waals surface area (Å²) in [5, 5.41) is 3.86. The predicted octanol–water partition coefficient (Wildman–Crippen LogP) is 3.88. The predicted molar refractivity (Wildman–Crippen MR) is 83.7 cm³/mol. The lowest BCUT2D eigenvalue weighted by Gasteiger charge is -2.32. The molecule has 114 valence electrons. The molecule has 0 aliphatic carbocycles. The number of hydrogen-bond acceptors (Lipinski definition) is 2. The van der Waals surface area contributed by atoms with Gasteiger partial charge in [-0.1, -0.05) is 38.4 Å². The van der Waals surface area contributed by atoms with E-state index in [1.165, 1.54) is 6.07 Å². The van der Waals surface area contributed by atoms with E-state index in [2.05, 4.69) is 31.1 Å². The van der Waals surface area contributed by atoms with Gasteiger partial charge in [0.2, 0.25) is 0 Å². The summed E-state index contributed by atoms with van der Waals surface area (Å²) in [7, 11) is 0. The number of aromatic nitrogens is 2. The number of nitrogens with one attached hydrogen (secondary N) is 1. The van der Waals surface area contributed by atoms with Crippen LogP contribution in [0, 0.1) is 11.2 Å². The van der Waals surface area contributed by atoms with Crippen LogP contribution in [0.3, 0.4) is 0 Å². The van der Waals surface area contributed by atoms with Gasteiger partial charge >= 0.3 is 0 Å². The summed E-state index contributed by atoms with van der Waals surface area (Å²) in [6, 6.07) is 4.98. The van der Waals surface area contributed by atoms with Crippen molar-refractivity contribution in [1.82, 2.24) is 14.9 Å². The lowest BCUT2D eigenvalue weighted by Crippen LogP contribution is -2.43. The van der Waals surface area contributed by atoms with Crippen molar-refractivity contribution in [3.8, 4) is 0 Å². The minimum atomic E-state index is -0.273. The maximum absolute atomic E-state index is 13.8. The Morgan fingerprint density at radius 2 is 2.14 bits per heavy atom. The van der Waals surface area contributed by atoms with Gasteiger partial charge in [0.25, 0.3) is 0 Å². The molecule has 0 fully saturated rings. The molecule has 1 aromatic carbocycles. The molecule has 5 heteroatoms. The van der Waals surface area contributed by atoms with Crippen molar-refractivity contribution >= 4 is 11.6 Å². The topological polar surface area (TPSA) is 29.9 Å². The molecular weight excluding hydrogens is 289 g/mol. The van der Waals surface area contributed by atoms with Crippen LogP contribution in [0.2, 0.25) is 5.02 Å². The van der Waals surface area contributed by atoms with Crippen LogP contribution in [0.5, 0.6) is 0 Å². The molecule has 2 rings (SSSR count). The third kappa shape index (κ3) is 4.55. The highest BCUT2D eigenvalue weighted by atomic mass is 35.5. The van der Waals surface area contributed by atoms with E-state index in [4.69, 9.17) is 11.6 Å². The van der Waals surface area contributed by atoms with E-state index in [1.807, 2.05) is 10.8 Å². The van der Waals surface area contributed by atoms with E-state index in [9.17, 15) is 4.39 Å². The van der Waals surface area contributed by atoms with Gasteiger partial charge < -0.3 is 9.88 Å². The summed E-state index contributed by atoms with van der Waals surface area (Å²) in [4.78, 5) is 4.06. The van der Waals surface area contributed by atoms with Gasteiger partial charge in [-0.2, -0.15) is 0 Å². The molecule has 0 radical (unpaired) electrons. The van der Waals surface area contributed by atoms with E-state index in [1.54, 1.807) is 24.7 Å². The zero-order valence-corrected chi connectivity index (χ0v) is 13.4. The molecule has 1 unspecified atom stereocenters. The highest BCUT2D eigenvalue weighted by Crippen LogP contribution is 2.22. The minimum absolute atomic E-state index is 0.0488. The van der Waals surface area contributed by atoms with Crippen LogP contribution in [0.15, 0.2) is 36.9 Å². The van der Waals surface area contributed by atoms with Crippen molar-refractivity contribution in [1.29, 1.82) is 0 Å². The molecule has 0 amide bonds. The zero-order valence-electron chi connectivity index (χ0n) is 12.6. The van der Waals surface area contributed by atoms with E-state index in [0.717, 1.165) is 6.54 Å². The Balaban J connectivity index is 2.05. The Morgan fingerprint density at radius 1 is 1.38 bits per heavy atom. The number of halogens is 2. The second kappa shape index (κ2) is 6.58. The van der Waals surface area contributed by atoms with Gasteiger partial charge in [0, 0.05) is 42.1 Å². The molecule has 0 aliphatic rings. The van der Waals surface area contributed by atoms with Crippen LogP contribution in [-0.2, 0) is 13.1 Å². The highest BCUT2D eigenvalue weighted by Gasteiger charge is 2.24. The van der Waals surface area contributed by atoms with Gasteiger partial charge in [0.1, 0.15) is 5.82 Å². The molecule has 1 aromatic heterocycles. The van der Waals surface area contributed by atoms with Crippen molar-refractivity contribution in [3.63, 3.8) is 0 Å². The Hall–Kier alpha value is -1.39. The van der Waals surface area contributed by atoms with Crippen LogP contribution in [0.1, 0.15) is 26.3 Å². The fourth-order valence-electron chi connectivity index (χ4n) is 2.15. The third-order valence-corrected chi connectivity index (χ3v) is 3.79. The summed E-state index contributed by atoms with van der Waals surface area (Å²) < 4.78 is 15.9. The lowest BCUT2D eigenvalue weighted by atomic mass is 9.86. The average Bonchev–Trinajstić information content (AvgIpc) is 2.87. The van der Waals surface area contributed by atoms with Crippen LogP contribution >= 0.6 is 11.6 Å². The molecule has 2 aromatic rings. The van der Waals surface area contributed by atoms with Crippen molar-refractivity contribution in [3.05, 3.63) is 53.3 Å². The van der Waals surface area contributed by atoms with E-state index in [0.29, 0.717) is 17.1 Å². The Labute approximate surface area is 130 Å². The maximum Gasteiger partial charge on any atom is 0.129 e. The fourth-order valence-corrected chi connectivity index (χ4v) is 2.31. The summed E-state index contributed by atoms with van der Waals surface area (Å²) >= 11 is 5.78. The van der Waals surface area contributed by atoms with Crippen LogP contribution in [0.4, 0.5) is 4.39 Å².